The number of aliphatic hydroxyl groups is 2. The fourth-order valence-corrected chi connectivity index (χ4v) is 5.00. The number of aliphatic hydroxyl groups excluding tert-OH is 2. The first-order valence-corrected chi connectivity index (χ1v) is 12.3. The number of aliphatic carboxylic acids is 1. The van der Waals surface area contributed by atoms with E-state index in [9.17, 15) is 15.0 Å². The number of hydrogen-bond donors (Lipinski definition) is 3. The molecule has 0 bridgehead atoms. The van der Waals surface area contributed by atoms with Crippen LogP contribution < -0.4 is 0 Å². The average molecular weight is 479 g/mol. The molecular formula is C29H34O6. The molecule has 0 amide bonds. The van der Waals surface area contributed by atoms with Gasteiger partial charge in [0.2, 0.25) is 5.79 Å². The normalized spacial score (nSPS) is 26.1. The van der Waals surface area contributed by atoms with E-state index in [0.29, 0.717) is 38.9 Å². The third-order valence-electron chi connectivity index (χ3n) is 6.90. The SMILES string of the molecule is O=C(O)CCC/C=C\C[C@@H]1[C@@H](/C=C/C2(c3ccc(-c4ccccc4)cc3)OCCO2)[C@H](O)C[C@H]1O. The predicted molar refractivity (Wildman–Crippen MR) is 133 cm³/mol. The van der Waals surface area contributed by atoms with Crippen LogP contribution in [0.25, 0.3) is 11.1 Å². The molecule has 0 unspecified atom stereocenters. The third kappa shape index (κ3) is 6.27. The highest BCUT2D eigenvalue weighted by molar-refractivity contribution is 5.66. The number of rotatable bonds is 10. The maximum Gasteiger partial charge on any atom is 0.303 e. The molecule has 1 aliphatic heterocycles. The van der Waals surface area contributed by atoms with E-state index in [0.717, 1.165) is 16.7 Å². The second kappa shape index (κ2) is 11.8. The first-order chi connectivity index (χ1) is 17.0. The molecular weight excluding hydrogens is 444 g/mol. The number of ether oxygens (including phenoxy) is 2. The molecule has 4 rings (SSSR count). The van der Waals surface area contributed by atoms with E-state index in [1.165, 1.54) is 0 Å². The van der Waals surface area contributed by atoms with E-state index in [4.69, 9.17) is 14.6 Å². The Labute approximate surface area is 206 Å². The summed E-state index contributed by atoms with van der Waals surface area (Å²) in [5.74, 6) is -2.17. The Bertz CT molecular complexity index is 1010. The lowest BCUT2D eigenvalue weighted by Crippen LogP contribution is -2.26. The van der Waals surface area contributed by atoms with Crippen LogP contribution in [0.15, 0.2) is 78.9 Å². The zero-order chi connectivity index (χ0) is 24.7. The molecule has 0 aromatic heterocycles. The van der Waals surface area contributed by atoms with Gasteiger partial charge in [0, 0.05) is 24.3 Å². The molecule has 2 aromatic carbocycles. The number of carbonyl (C=O) groups is 1. The number of carboxylic acids is 1. The minimum Gasteiger partial charge on any atom is -0.481 e. The van der Waals surface area contributed by atoms with Gasteiger partial charge in [-0.15, -0.1) is 0 Å². The molecule has 2 fully saturated rings. The summed E-state index contributed by atoms with van der Waals surface area (Å²) in [5, 5.41) is 29.9. The fourth-order valence-electron chi connectivity index (χ4n) is 5.00. The second-order valence-electron chi connectivity index (χ2n) is 9.27. The highest BCUT2D eigenvalue weighted by Crippen LogP contribution is 2.39. The van der Waals surface area contributed by atoms with Crippen molar-refractivity contribution >= 4 is 5.97 Å². The maximum atomic E-state index is 10.6. The monoisotopic (exact) mass is 478 g/mol. The van der Waals surface area contributed by atoms with Crippen molar-refractivity contribution in [3.8, 4) is 11.1 Å². The second-order valence-corrected chi connectivity index (χ2v) is 9.27. The highest BCUT2D eigenvalue weighted by Gasteiger charge is 2.41. The van der Waals surface area contributed by atoms with Crippen LogP contribution in [0.5, 0.6) is 0 Å². The van der Waals surface area contributed by atoms with Gasteiger partial charge >= 0.3 is 5.97 Å². The van der Waals surface area contributed by atoms with Gasteiger partial charge in [0.05, 0.1) is 25.4 Å². The molecule has 2 aliphatic rings. The third-order valence-corrected chi connectivity index (χ3v) is 6.90. The van der Waals surface area contributed by atoms with Crippen LogP contribution in [0.2, 0.25) is 0 Å². The van der Waals surface area contributed by atoms with Crippen molar-refractivity contribution in [1.82, 2.24) is 0 Å². The summed E-state index contributed by atoms with van der Waals surface area (Å²) in [5.41, 5.74) is 3.13. The van der Waals surface area contributed by atoms with E-state index < -0.39 is 24.0 Å². The van der Waals surface area contributed by atoms with Crippen LogP contribution in [-0.4, -0.2) is 46.7 Å². The van der Waals surface area contributed by atoms with E-state index >= 15 is 0 Å². The number of carboxylic acid groups (broad SMARTS) is 1. The van der Waals surface area contributed by atoms with Crippen molar-refractivity contribution in [2.45, 2.75) is 50.1 Å². The van der Waals surface area contributed by atoms with Gasteiger partial charge in [0.25, 0.3) is 0 Å². The van der Waals surface area contributed by atoms with Gasteiger partial charge in [-0.25, -0.2) is 0 Å². The minimum absolute atomic E-state index is 0.129. The smallest absolute Gasteiger partial charge is 0.303 e. The lowest BCUT2D eigenvalue weighted by Gasteiger charge is -2.26. The first-order valence-electron chi connectivity index (χ1n) is 12.3. The maximum absolute atomic E-state index is 10.6. The molecule has 6 heteroatoms. The van der Waals surface area contributed by atoms with Crippen LogP contribution in [-0.2, 0) is 20.1 Å². The standard InChI is InChI=1S/C29H34O6/c30-26-20-27(31)25(24(26)10-6-1-2-7-11-28(32)33)16-17-29(34-18-19-35-29)23-14-12-22(13-15-23)21-8-4-3-5-9-21/h1,3-6,8-9,12-17,24-27,30-31H,2,7,10-11,18-20H2,(H,32,33)/b6-1-,17-16+/t24-,25-,26-,27-/m1/s1. The van der Waals surface area contributed by atoms with Crippen LogP contribution in [0.1, 0.15) is 37.7 Å². The van der Waals surface area contributed by atoms with E-state index in [-0.39, 0.29) is 18.3 Å². The van der Waals surface area contributed by atoms with Crippen molar-refractivity contribution in [2.24, 2.45) is 11.8 Å². The highest BCUT2D eigenvalue weighted by atomic mass is 16.7. The van der Waals surface area contributed by atoms with Crippen LogP contribution in [0, 0.1) is 11.8 Å². The molecule has 1 saturated heterocycles. The Morgan fingerprint density at radius 2 is 1.63 bits per heavy atom. The zero-order valence-electron chi connectivity index (χ0n) is 19.8. The quantitative estimate of drug-likeness (QED) is 0.339. The van der Waals surface area contributed by atoms with Gasteiger partial charge in [0.15, 0.2) is 0 Å². The molecule has 4 atom stereocenters. The molecule has 3 N–H and O–H groups in total. The molecule has 1 aliphatic carbocycles. The summed E-state index contributed by atoms with van der Waals surface area (Å²) in [6, 6.07) is 18.3. The summed E-state index contributed by atoms with van der Waals surface area (Å²) < 4.78 is 12.1. The largest absolute Gasteiger partial charge is 0.481 e. The number of unbranched alkanes of at least 4 members (excludes halogenated alkanes) is 1. The van der Waals surface area contributed by atoms with Gasteiger partial charge in [-0.3, -0.25) is 4.79 Å². The van der Waals surface area contributed by atoms with Crippen molar-refractivity contribution in [3.63, 3.8) is 0 Å². The molecule has 0 spiro atoms. The molecule has 0 radical (unpaired) electrons. The van der Waals surface area contributed by atoms with Crippen molar-refractivity contribution < 1.29 is 29.6 Å². The molecule has 2 aromatic rings. The van der Waals surface area contributed by atoms with Crippen molar-refractivity contribution in [3.05, 3.63) is 84.5 Å². The minimum atomic E-state index is -1.01. The number of allylic oxidation sites excluding steroid dienone is 2. The van der Waals surface area contributed by atoms with Crippen molar-refractivity contribution in [2.75, 3.05) is 13.2 Å². The Balaban J connectivity index is 1.46. The topological polar surface area (TPSA) is 96.2 Å². The van der Waals surface area contributed by atoms with E-state index in [1.807, 2.05) is 54.6 Å². The van der Waals surface area contributed by atoms with Crippen LogP contribution in [0.3, 0.4) is 0 Å². The molecule has 186 valence electrons. The average Bonchev–Trinajstić information content (AvgIpc) is 3.45. The predicted octanol–water partition coefficient (Wildman–Crippen LogP) is 4.67. The Morgan fingerprint density at radius 3 is 2.31 bits per heavy atom. The zero-order valence-corrected chi connectivity index (χ0v) is 19.8. The van der Waals surface area contributed by atoms with Crippen LogP contribution >= 0.6 is 0 Å². The summed E-state index contributed by atoms with van der Waals surface area (Å²) in [4.78, 5) is 10.6. The summed E-state index contributed by atoms with van der Waals surface area (Å²) >= 11 is 0. The van der Waals surface area contributed by atoms with Gasteiger partial charge in [-0.2, -0.15) is 0 Å². The van der Waals surface area contributed by atoms with Crippen LogP contribution in [0.4, 0.5) is 0 Å². The number of benzene rings is 2. The summed E-state index contributed by atoms with van der Waals surface area (Å²) in [7, 11) is 0. The van der Waals surface area contributed by atoms with E-state index in [2.05, 4.69) is 24.3 Å². The van der Waals surface area contributed by atoms with Gasteiger partial charge in [0.1, 0.15) is 0 Å². The molecule has 6 nitrogen and oxygen atoms in total. The van der Waals surface area contributed by atoms with E-state index in [1.54, 1.807) is 0 Å². The Morgan fingerprint density at radius 1 is 0.943 bits per heavy atom. The molecule has 1 heterocycles. The van der Waals surface area contributed by atoms with Gasteiger partial charge < -0.3 is 24.8 Å². The molecule has 35 heavy (non-hydrogen) atoms. The molecule has 1 saturated carbocycles. The first kappa shape index (κ1) is 25.3. The van der Waals surface area contributed by atoms with Gasteiger partial charge in [-0.1, -0.05) is 72.8 Å². The fraction of sp³-hybridized carbons (Fsp3) is 0.414. The lowest BCUT2D eigenvalue weighted by atomic mass is 9.89. The lowest BCUT2D eigenvalue weighted by molar-refractivity contribution is -0.137. The summed E-state index contributed by atoms with van der Waals surface area (Å²) in [6.07, 6.45) is 8.86. The number of hydrogen-bond acceptors (Lipinski definition) is 5. The van der Waals surface area contributed by atoms with Crippen molar-refractivity contribution in [1.29, 1.82) is 0 Å². The summed E-state index contributed by atoms with van der Waals surface area (Å²) in [6.45, 7) is 0.951. The Kier molecular flexibility index (Phi) is 8.52. The Hall–Kier alpha value is -2.77. The van der Waals surface area contributed by atoms with Gasteiger partial charge in [-0.05, 0) is 42.4 Å².